The van der Waals surface area contributed by atoms with Gasteiger partial charge >= 0.3 is 0 Å². The molecule has 3 N–H and O–H groups in total. The molecule has 0 aromatic rings. The van der Waals surface area contributed by atoms with Crippen molar-refractivity contribution in [3.63, 3.8) is 0 Å². The Morgan fingerprint density at radius 3 is 2.28 bits per heavy atom. The Morgan fingerprint density at radius 2 is 1.89 bits per heavy atom. The topological polar surface area (TPSA) is 83.6 Å². The summed E-state index contributed by atoms with van der Waals surface area (Å²) in [4.78, 5) is 2.28. The van der Waals surface area contributed by atoms with Crippen LogP contribution in [-0.4, -0.2) is 61.7 Å². The lowest BCUT2D eigenvalue weighted by Crippen LogP contribution is -2.58. The largest absolute Gasteiger partial charge is 0.389 e. The van der Waals surface area contributed by atoms with E-state index in [2.05, 4.69) is 11.8 Å². The molecular formula is C12H24N2O3S. The minimum absolute atomic E-state index is 0.0547. The van der Waals surface area contributed by atoms with Gasteiger partial charge in [-0.2, -0.15) is 0 Å². The first-order chi connectivity index (χ1) is 8.36. The van der Waals surface area contributed by atoms with E-state index in [1.165, 1.54) is 0 Å². The van der Waals surface area contributed by atoms with E-state index in [1.807, 2.05) is 0 Å². The van der Waals surface area contributed by atoms with Gasteiger partial charge in [0.1, 0.15) is 0 Å². The number of nitrogens with two attached hydrogens (primary N) is 1. The normalized spacial score (nSPS) is 35.7. The number of hydrogen-bond donors (Lipinski definition) is 2. The van der Waals surface area contributed by atoms with Crippen molar-refractivity contribution in [2.75, 3.05) is 37.7 Å². The van der Waals surface area contributed by atoms with Crippen LogP contribution >= 0.6 is 0 Å². The van der Waals surface area contributed by atoms with Gasteiger partial charge in [0.2, 0.25) is 0 Å². The lowest BCUT2D eigenvalue weighted by atomic mass is 9.66. The molecule has 0 aromatic heterocycles. The van der Waals surface area contributed by atoms with Crippen molar-refractivity contribution in [2.45, 2.75) is 31.8 Å². The Kier molecular flexibility index (Phi) is 3.75. The lowest BCUT2D eigenvalue weighted by molar-refractivity contribution is -0.106. The monoisotopic (exact) mass is 276 g/mol. The highest BCUT2D eigenvalue weighted by molar-refractivity contribution is 7.91. The molecule has 2 aliphatic rings. The van der Waals surface area contributed by atoms with Gasteiger partial charge in [0.05, 0.1) is 17.1 Å². The molecule has 106 valence electrons. The summed E-state index contributed by atoms with van der Waals surface area (Å²) in [7, 11) is -3.03. The fourth-order valence-corrected chi connectivity index (χ4v) is 5.62. The van der Waals surface area contributed by atoms with E-state index >= 15 is 0 Å². The number of piperidine rings is 1. The molecule has 2 aliphatic heterocycles. The summed E-state index contributed by atoms with van der Waals surface area (Å²) in [6, 6.07) is 0. The zero-order valence-electron chi connectivity index (χ0n) is 11.1. The molecule has 2 saturated heterocycles. The molecule has 1 atom stereocenters. The number of rotatable bonds is 3. The fourth-order valence-electron chi connectivity index (χ4n) is 3.40. The smallest absolute Gasteiger partial charge is 0.151 e. The van der Waals surface area contributed by atoms with Crippen molar-refractivity contribution in [3.8, 4) is 0 Å². The van der Waals surface area contributed by atoms with E-state index < -0.39 is 20.9 Å². The number of aliphatic hydroxyl groups is 1. The van der Waals surface area contributed by atoms with Crippen LogP contribution in [0.2, 0.25) is 0 Å². The van der Waals surface area contributed by atoms with E-state index in [9.17, 15) is 13.5 Å². The minimum atomic E-state index is -3.03. The van der Waals surface area contributed by atoms with Gasteiger partial charge < -0.3 is 15.7 Å². The fraction of sp³-hybridized carbons (Fsp3) is 1.00. The molecule has 0 saturated carbocycles. The number of likely N-dealkylation sites (tertiary alicyclic amines) is 1. The molecule has 1 unspecified atom stereocenters. The Hall–Kier alpha value is -0.170. The van der Waals surface area contributed by atoms with Gasteiger partial charge in [0.15, 0.2) is 9.84 Å². The van der Waals surface area contributed by atoms with E-state index in [-0.39, 0.29) is 18.1 Å². The summed E-state index contributed by atoms with van der Waals surface area (Å²) < 4.78 is 23.5. The van der Waals surface area contributed by atoms with Gasteiger partial charge in [-0.3, -0.25) is 0 Å². The highest BCUT2D eigenvalue weighted by atomic mass is 32.2. The van der Waals surface area contributed by atoms with Gasteiger partial charge in [0, 0.05) is 25.0 Å². The van der Waals surface area contributed by atoms with Crippen LogP contribution in [-0.2, 0) is 9.84 Å². The lowest BCUT2D eigenvalue weighted by Gasteiger charge is -2.48. The summed E-state index contributed by atoms with van der Waals surface area (Å²) >= 11 is 0. The molecule has 0 bridgehead atoms. The van der Waals surface area contributed by atoms with E-state index in [4.69, 9.17) is 5.73 Å². The standard InChI is InChI=1S/C12H24N2O3S/c1-2-14-6-3-12(15,4-7-14)11(9-13)5-8-18(16,17)10-11/h15H,2-10,13H2,1H3. The highest BCUT2D eigenvalue weighted by Crippen LogP contribution is 2.46. The van der Waals surface area contributed by atoms with Crippen LogP contribution in [0.1, 0.15) is 26.2 Å². The van der Waals surface area contributed by atoms with Crippen LogP contribution in [0.15, 0.2) is 0 Å². The Morgan fingerprint density at radius 1 is 1.28 bits per heavy atom. The average molecular weight is 276 g/mol. The van der Waals surface area contributed by atoms with Crippen molar-refractivity contribution in [2.24, 2.45) is 11.1 Å². The van der Waals surface area contributed by atoms with Gasteiger partial charge in [-0.25, -0.2) is 8.42 Å². The molecule has 0 amide bonds. The molecule has 0 aliphatic carbocycles. The summed E-state index contributed by atoms with van der Waals surface area (Å²) in [5.74, 6) is 0.225. The van der Waals surface area contributed by atoms with Crippen molar-refractivity contribution in [1.29, 1.82) is 0 Å². The first kappa shape index (κ1) is 14.2. The maximum absolute atomic E-state index is 11.7. The number of hydrogen-bond acceptors (Lipinski definition) is 5. The van der Waals surface area contributed by atoms with Gasteiger partial charge in [0.25, 0.3) is 0 Å². The Labute approximate surface area is 109 Å². The molecule has 0 aromatic carbocycles. The molecule has 5 nitrogen and oxygen atoms in total. The highest BCUT2D eigenvalue weighted by Gasteiger charge is 2.55. The predicted molar refractivity (Wildman–Crippen MR) is 71.1 cm³/mol. The Bertz CT molecular complexity index is 402. The van der Waals surface area contributed by atoms with Crippen molar-refractivity contribution in [3.05, 3.63) is 0 Å². The SMILES string of the molecule is CCN1CCC(O)(C2(CN)CCS(=O)(=O)C2)CC1. The van der Waals surface area contributed by atoms with Crippen LogP contribution < -0.4 is 5.73 Å². The maximum atomic E-state index is 11.7. The summed E-state index contributed by atoms with van der Waals surface area (Å²) in [5, 5.41) is 10.9. The third-order valence-electron chi connectivity index (χ3n) is 4.90. The van der Waals surface area contributed by atoms with Crippen LogP contribution in [0.4, 0.5) is 0 Å². The molecular weight excluding hydrogens is 252 g/mol. The first-order valence-corrected chi connectivity index (χ1v) is 8.54. The van der Waals surface area contributed by atoms with Crippen molar-refractivity contribution in [1.82, 2.24) is 4.90 Å². The van der Waals surface area contributed by atoms with E-state index in [0.29, 0.717) is 19.3 Å². The molecule has 18 heavy (non-hydrogen) atoms. The van der Waals surface area contributed by atoms with Crippen molar-refractivity contribution < 1.29 is 13.5 Å². The molecule has 2 fully saturated rings. The zero-order chi connectivity index (χ0) is 13.4. The maximum Gasteiger partial charge on any atom is 0.151 e. The predicted octanol–water partition coefficient (Wildman–Crippen LogP) is -0.403. The van der Waals surface area contributed by atoms with Crippen LogP contribution in [0.5, 0.6) is 0 Å². The zero-order valence-corrected chi connectivity index (χ0v) is 11.9. The second kappa shape index (κ2) is 4.74. The second-order valence-corrected chi connectivity index (χ2v) is 7.98. The molecule has 2 rings (SSSR count). The molecule has 0 spiro atoms. The third kappa shape index (κ3) is 2.31. The van der Waals surface area contributed by atoms with Crippen LogP contribution in [0, 0.1) is 5.41 Å². The average Bonchev–Trinajstić information content (AvgIpc) is 2.68. The second-order valence-electron chi connectivity index (χ2n) is 5.79. The summed E-state index contributed by atoms with van der Waals surface area (Å²) in [5.41, 5.74) is 4.31. The van der Waals surface area contributed by atoms with Crippen LogP contribution in [0.3, 0.4) is 0 Å². The summed E-state index contributed by atoms with van der Waals surface area (Å²) in [6.45, 7) is 4.99. The first-order valence-electron chi connectivity index (χ1n) is 6.72. The summed E-state index contributed by atoms with van der Waals surface area (Å²) in [6.07, 6.45) is 1.77. The third-order valence-corrected chi connectivity index (χ3v) is 6.71. The van der Waals surface area contributed by atoms with Crippen LogP contribution in [0.25, 0.3) is 0 Å². The quantitative estimate of drug-likeness (QED) is 0.732. The van der Waals surface area contributed by atoms with Gasteiger partial charge in [-0.1, -0.05) is 6.92 Å². The van der Waals surface area contributed by atoms with Crippen molar-refractivity contribution >= 4 is 9.84 Å². The molecule has 2 heterocycles. The number of sulfone groups is 1. The number of nitrogens with zero attached hydrogens (tertiary/aromatic N) is 1. The molecule has 6 heteroatoms. The van der Waals surface area contributed by atoms with E-state index in [0.717, 1.165) is 19.6 Å². The minimum Gasteiger partial charge on any atom is -0.389 e. The Balaban J connectivity index is 2.18. The van der Waals surface area contributed by atoms with Gasteiger partial charge in [-0.05, 0) is 25.8 Å². The van der Waals surface area contributed by atoms with Gasteiger partial charge in [-0.15, -0.1) is 0 Å². The molecule has 0 radical (unpaired) electrons. The van der Waals surface area contributed by atoms with E-state index in [1.54, 1.807) is 0 Å².